The van der Waals surface area contributed by atoms with Crippen LogP contribution in [0.25, 0.3) is 0 Å². The molecule has 2 amide bonds. The number of aromatic nitrogens is 3. The maximum Gasteiger partial charge on any atom is 0.251 e. The lowest BCUT2D eigenvalue weighted by atomic mass is 10.2. The fourth-order valence-corrected chi connectivity index (χ4v) is 3.46. The Morgan fingerprint density at radius 3 is 2.59 bits per heavy atom. The lowest BCUT2D eigenvalue weighted by molar-refractivity contribution is -0.120. The fraction of sp³-hybridized carbons (Fsp3) is 0.474. The summed E-state index contributed by atoms with van der Waals surface area (Å²) in [6, 6.07) is 4.56. The zero-order valence-corrected chi connectivity index (χ0v) is 19.0. The summed E-state index contributed by atoms with van der Waals surface area (Å²) in [5, 5.41) is 15.4. The summed E-state index contributed by atoms with van der Waals surface area (Å²) >= 11 is 13.3. The minimum Gasteiger partial charge on any atom is -0.355 e. The van der Waals surface area contributed by atoms with Crippen molar-refractivity contribution >= 4 is 46.8 Å². The Labute approximate surface area is 184 Å². The third-order valence-corrected chi connectivity index (χ3v) is 5.42. The minimum atomic E-state index is -0.384. The summed E-state index contributed by atoms with van der Waals surface area (Å²) in [6.45, 7) is 5.55. The van der Waals surface area contributed by atoms with E-state index in [1.54, 1.807) is 23.9 Å². The second-order valence-corrected chi connectivity index (χ2v) is 8.46. The highest BCUT2D eigenvalue weighted by molar-refractivity contribution is 7.98. The summed E-state index contributed by atoms with van der Waals surface area (Å²) in [5.41, 5.74) is 0.348. The second-order valence-electron chi connectivity index (χ2n) is 6.87. The maximum atomic E-state index is 12.1. The number of halogens is 2. The Hall–Kier alpha value is -1.77. The van der Waals surface area contributed by atoms with E-state index >= 15 is 0 Å². The molecule has 29 heavy (non-hydrogen) atoms. The summed E-state index contributed by atoms with van der Waals surface area (Å²) in [7, 11) is 0. The van der Waals surface area contributed by atoms with Crippen molar-refractivity contribution < 1.29 is 9.59 Å². The first-order chi connectivity index (χ1) is 13.8. The van der Waals surface area contributed by atoms with Gasteiger partial charge in [-0.1, -0.05) is 48.8 Å². The molecule has 1 heterocycles. The molecule has 0 aliphatic rings. The van der Waals surface area contributed by atoms with Gasteiger partial charge in [-0.05, 0) is 36.8 Å². The molecule has 158 valence electrons. The van der Waals surface area contributed by atoms with Gasteiger partial charge in [-0.3, -0.25) is 9.59 Å². The van der Waals surface area contributed by atoms with Crippen molar-refractivity contribution in [2.45, 2.75) is 38.4 Å². The van der Waals surface area contributed by atoms with Crippen LogP contribution in [0.4, 0.5) is 0 Å². The smallest absolute Gasteiger partial charge is 0.251 e. The monoisotopic (exact) mass is 457 g/mol. The Bertz CT molecular complexity index is 857. The van der Waals surface area contributed by atoms with Crippen molar-refractivity contribution in [1.29, 1.82) is 0 Å². The van der Waals surface area contributed by atoms with Crippen molar-refractivity contribution in [3.05, 3.63) is 39.6 Å². The van der Waals surface area contributed by atoms with E-state index in [9.17, 15) is 9.59 Å². The number of aryl methyl sites for hydroxylation is 1. The first-order valence-electron chi connectivity index (χ1n) is 9.27. The molecule has 0 atom stereocenters. The molecule has 0 radical (unpaired) electrons. The third-order valence-electron chi connectivity index (χ3n) is 4.01. The van der Waals surface area contributed by atoms with Crippen LogP contribution in [-0.4, -0.2) is 45.9 Å². The van der Waals surface area contributed by atoms with Gasteiger partial charge in [-0.15, -0.1) is 10.2 Å². The number of thioether (sulfide) groups is 1. The maximum absolute atomic E-state index is 12.1. The van der Waals surface area contributed by atoms with Gasteiger partial charge in [0.05, 0.1) is 16.6 Å². The van der Waals surface area contributed by atoms with E-state index in [1.165, 1.54) is 6.07 Å². The molecule has 1 aromatic carbocycles. The Balaban J connectivity index is 1.74. The van der Waals surface area contributed by atoms with E-state index in [0.717, 1.165) is 30.4 Å². The number of hydrogen-bond donors (Lipinski definition) is 2. The molecule has 0 spiro atoms. The van der Waals surface area contributed by atoms with Gasteiger partial charge in [0.1, 0.15) is 5.82 Å². The number of benzene rings is 1. The van der Waals surface area contributed by atoms with E-state index in [2.05, 4.69) is 39.2 Å². The molecule has 0 saturated carbocycles. The Morgan fingerprint density at radius 1 is 1.17 bits per heavy atom. The number of nitrogens with zero attached hydrogens (tertiary/aromatic N) is 3. The molecule has 0 aliphatic heterocycles. The SMILES string of the molecule is CSc1nnc(CCCNC(=O)CNC(=O)c2ccc(Cl)c(Cl)c2)n1CC(C)C. The summed E-state index contributed by atoms with van der Waals surface area (Å²) in [5.74, 6) is 0.775. The number of nitrogens with one attached hydrogen (secondary N) is 2. The van der Waals surface area contributed by atoms with Gasteiger partial charge >= 0.3 is 0 Å². The number of carbonyl (C=O) groups is 2. The molecule has 0 saturated heterocycles. The lowest BCUT2D eigenvalue weighted by Crippen LogP contribution is -2.37. The first-order valence-corrected chi connectivity index (χ1v) is 11.3. The topological polar surface area (TPSA) is 88.9 Å². The minimum absolute atomic E-state index is 0.112. The van der Waals surface area contributed by atoms with Crippen LogP contribution in [0.2, 0.25) is 10.0 Å². The van der Waals surface area contributed by atoms with Crippen molar-refractivity contribution in [1.82, 2.24) is 25.4 Å². The number of rotatable bonds is 10. The highest BCUT2D eigenvalue weighted by atomic mass is 35.5. The highest BCUT2D eigenvalue weighted by Crippen LogP contribution is 2.22. The van der Waals surface area contributed by atoms with Gasteiger partial charge in [-0.2, -0.15) is 0 Å². The normalized spacial score (nSPS) is 11.0. The van der Waals surface area contributed by atoms with Gasteiger partial charge in [0, 0.05) is 25.1 Å². The number of hydrogen-bond acceptors (Lipinski definition) is 5. The van der Waals surface area contributed by atoms with E-state index in [0.29, 0.717) is 28.1 Å². The predicted octanol–water partition coefficient (Wildman–Crippen LogP) is 3.44. The van der Waals surface area contributed by atoms with Crippen LogP contribution in [-0.2, 0) is 17.8 Å². The molecule has 0 bridgehead atoms. The number of amides is 2. The van der Waals surface area contributed by atoms with Crippen molar-refractivity contribution in [2.24, 2.45) is 5.92 Å². The molecule has 0 aliphatic carbocycles. The van der Waals surface area contributed by atoms with Gasteiger partial charge in [0.15, 0.2) is 5.16 Å². The van der Waals surface area contributed by atoms with Crippen LogP contribution in [0.5, 0.6) is 0 Å². The van der Waals surface area contributed by atoms with Crippen LogP contribution in [0.1, 0.15) is 36.5 Å². The van der Waals surface area contributed by atoms with Gasteiger partial charge in [0.25, 0.3) is 5.91 Å². The van der Waals surface area contributed by atoms with Crippen molar-refractivity contribution in [3.8, 4) is 0 Å². The van der Waals surface area contributed by atoms with Gasteiger partial charge in [-0.25, -0.2) is 0 Å². The molecule has 2 rings (SSSR count). The van der Waals surface area contributed by atoms with Crippen LogP contribution < -0.4 is 10.6 Å². The number of carbonyl (C=O) groups excluding carboxylic acids is 2. The molecule has 0 fully saturated rings. The molecule has 0 unspecified atom stereocenters. The lowest BCUT2D eigenvalue weighted by Gasteiger charge is -2.12. The van der Waals surface area contributed by atoms with E-state index in [1.807, 2.05) is 6.26 Å². The zero-order valence-electron chi connectivity index (χ0n) is 16.7. The summed E-state index contributed by atoms with van der Waals surface area (Å²) in [4.78, 5) is 24.0. The average molecular weight is 458 g/mol. The largest absolute Gasteiger partial charge is 0.355 e. The molecule has 7 nitrogen and oxygen atoms in total. The first kappa shape index (κ1) is 23.5. The van der Waals surface area contributed by atoms with Crippen LogP contribution in [0, 0.1) is 5.92 Å². The van der Waals surface area contributed by atoms with E-state index in [-0.39, 0.29) is 18.4 Å². The van der Waals surface area contributed by atoms with Crippen LogP contribution in [0.3, 0.4) is 0 Å². The molecule has 2 aromatic rings. The zero-order chi connectivity index (χ0) is 21.4. The third kappa shape index (κ3) is 7.21. The van der Waals surface area contributed by atoms with Gasteiger partial charge < -0.3 is 15.2 Å². The quantitative estimate of drug-likeness (QED) is 0.421. The average Bonchev–Trinajstić information content (AvgIpc) is 3.06. The van der Waals surface area contributed by atoms with E-state index < -0.39 is 0 Å². The van der Waals surface area contributed by atoms with Gasteiger partial charge in [0.2, 0.25) is 5.91 Å². The van der Waals surface area contributed by atoms with Crippen molar-refractivity contribution in [3.63, 3.8) is 0 Å². The molecular weight excluding hydrogens is 433 g/mol. The predicted molar refractivity (Wildman–Crippen MR) is 117 cm³/mol. The molecule has 10 heteroatoms. The Morgan fingerprint density at radius 2 is 1.93 bits per heavy atom. The Kier molecular flexibility index (Phi) is 9.26. The van der Waals surface area contributed by atoms with Crippen LogP contribution in [0.15, 0.2) is 23.4 Å². The fourth-order valence-electron chi connectivity index (χ4n) is 2.64. The van der Waals surface area contributed by atoms with Crippen LogP contribution >= 0.6 is 35.0 Å². The van der Waals surface area contributed by atoms with Crippen molar-refractivity contribution in [2.75, 3.05) is 19.3 Å². The molecule has 1 aromatic heterocycles. The second kappa shape index (κ2) is 11.4. The molecular formula is C19H25Cl2N5O2S. The standard InChI is InChI=1S/C19H25Cl2N5O2S/c1-12(2)11-26-16(24-25-19(26)29-3)5-4-8-22-17(27)10-23-18(28)13-6-7-14(20)15(21)9-13/h6-7,9,12H,4-5,8,10-11H2,1-3H3,(H,22,27)(H,23,28). The highest BCUT2D eigenvalue weighted by Gasteiger charge is 2.13. The molecule has 2 N–H and O–H groups in total. The summed E-state index contributed by atoms with van der Waals surface area (Å²) < 4.78 is 2.13. The van der Waals surface area contributed by atoms with E-state index in [4.69, 9.17) is 23.2 Å². The summed E-state index contributed by atoms with van der Waals surface area (Å²) in [6.07, 6.45) is 3.43.